The second-order valence-electron chi connectivity index (χ2n) is 3.67. The summed E-state index contributed by atoms with van der Waals surface area (Å²) in [5.74, 6) is 1.30. The maximum Gasteiger partial charge on any atom is 0.247 e. The largest absolute Gasteiger partial charge is 0.421 e. The molecule has 0 bridgehead atoms. The van der Waals surface area contributed by atoms with E-state index in [2.05, 4.69) is 36.2 Å². The first-order valence-corrected chi connectivity index (χ1v) is 5.10. The maximum absolute atomic E-state index is 5.52. The second kappa shape index (κ2) is 3.85. The number of nitrogens with zero attached hydrogens (tertiary/aromatic N) is 2. The van der Waals surface area contributed by atoms with E-state index in [1.54, 1.807) is 0 Å². The van der Waals surface area contributed by atoms with Crippen molar-refractivity contribution in [2.75, 3.05) is 0 Å². The average molecular weight is 202 g/mol. The topological polar surface area (TPSA) is 38.9 Å². The molecule has 3 nitrogen and oxygen atoms in total. The van der Waals surface area contributed by atoms with E-state index >= 15 is 0 Å². The molecule has 0 fully saturated rings. The zero-order chi connectivity index (χ0) is 10.8. The molecule has 78 valence electrons. The Balaban J connectivity index is 2.44. The van der Waals surface area contributed by atoms with Crippen LogP contribution in [0.2, 0.25) is 0 Å². The minimum Gasteiger partial charge on any atom is -0.421 e. The Morgan fingerprint density at radius 1 is 1.20 bits per heavy atom. The van der Waals surface area contributed by atoms with Crippen molar-refractivity contribution in [2.24, 2.45) is 0 Å². The Morgan fingerprint density at radius 3 is 2.60 bits per heavy atom. The van der Waals surface area contributed by atoms with E-state index in [1.165, 1.54) is 11.1 Å². The number of hydrogen-bond acceptors (Lipinski definition) is 3. The van der Waals surface area contributed by atoms with Crippen molar-refractivity contribution in [2.45, 2.75) is 27.2 Å². The van der Waals surface area contributed by atoms with E-state index in [9.17, 15) is 0 Å². The lowest BCUT2D eigenvalue weighted by Crippen LogP contribution is -1.84. The van der Waals surface area contributed by atoms with Gasteiger partial charge in [-0.15, -0.1) is 10.2 Å². The summed E-state index contributed by atoms with van der Waals surface area (Å²) in [6, 6.07) is 6.20. The molecule has 0 atom stereocenters. The molecule has 0 aliphatic heterocycles. The van der Waals surface area contributed by atoms with Gasteiger partial charge in [0, 0.05) is 12.0 Å². The molecule has 0 saturated heterocycles. The van der Waals surface area contributed by atoms with Gasteiger partial charge < -0.3 is 4.42 Å². The first-order chi connectivity index (χ1) is 7.20. The summed E-state index contributed by atoms with van der Waals surface area (Å²) in [6.07, 6.45) is 0.776. The fourth-order valence-electron chi connectivity index (χ4n) is 1.56. The smallest absolute Gasteiger partial charge is 0.247 e. The van der Waals surface area contributed by atoms with Gasteiger partial charge in [-0.1, -0.05) is 24.6 Å². The fourth-order valence-corrected chi connectivity index (χ4v) is 1.56. The van der Waals surface area contributed by atoms with Crippen LogP contribution in [-0.4, -0.2) is 10.2 Å². The van der Waals surface area contributed by atoms with Gasteiger partial charge in [-0.05, 0) is 25.5 Å². The van der Waals surface area contributed by atoms with Gasteiger partial charge in [-0.25, -0.2) is 0 Å². The van der Waals surface area contributed by atoms with Gasteiger partial charge in [0.25, 0.3) is 0 Å². The molecule has 1 heterocycles. The first kappa shape index (κ1) is 9.90. The van der Waals surface area contributed by atoms with Crippen molar-refractivity contribution >= 4 is 0 Å². The van der Waals surface area contributed by atoms with Crippen LogP contribution in [0, 0.1) is 13.8 Å². The van der Waals surface area contributed by atoms with E-state index in [-0.39, 0.29) is 0 Å². The van der Waals surface area contributed by atoms with Crippen LogP contribution in [0.5, 0.6) is 0 Å². The highest BCUT2D eigenvalue weighted by Gasteiger charge is 2.09. The van der Waals surface area contributed by atoms with Gasteiger partial charge in [-0.2, -0.15) is 0 Å². The number of rotatable bonds is 2. The van der Waals surface area contributed by atoms with Crippen molar-refractivity contribution in [3.8, 4) is 11.5 Å². The van der Waals surface area contributed by atoms with Crippen LogP contribution >= 0.6 is 0 Å². The third kappa shape index (κ3) is 1.91. The van der Waals surface area contributed by atoms with Crippen molar-refractivity contribution in [1.82, 2.24) is 10.2 Å². The zero-order valence-corrected chi connectivity index (χ0v) is 9.24. The van der Waals surface area contributed by atoms with Gasteiger partial charge in [0.1, 0.15) is 0 Å². The third-order valence-electron chi connectivity index (χ3n) is 2.38. The predicted molar refractivity (Wildman–Crippen MR) is 58.6 cm³/mol. The Hall–Kier alpha value is -1.64. The number of aromatic nitrogens is 2. The van der Waals surface area contributed by atoms with Gasteiger partial charge >= 0.3 is 0 Å². The molecular weight excluding hydrogens is 188 g/mol. The number of benzene rings is 1. The van der Waals surface area contributed by atoms with E-state index in [4.69, 9.17) is 4.42 Å². The molecule has 2 rings (SSSR count). The molecule has 3 heteroatoms. The van der Waals surface area contributed by atoms with Gasteiger partial charge in [0.05, 0.1) is 0 Å². The minimum absolute atomic E-state index is 0.615. The van der Waals surface area contributed by atoms with Crippen molar-refractivity contribution in [3.05, 3.63) is 35.2 Å². The van der Waals surface area contributed by atoms with Crippen LogP contribution in [0.25, 0.3) is 11.5 Å². The summed E-state index contributed by atoms with van der Waals surface area (Å²) in [5.41, 5.74) is 3.43. The summed E-state index contributed by atoms with van der Waals surface area (Å²) in [5, 5.41) is 7.99. The van der Waals surface area contributed by atoms with Crippen LogP contribution < -0.4 is 0 Å². The summed E-state index contributed by atoms with van der Waals surface area (Å²) in [4.78, 5) is 0. The van der Waals surface area contributed by atoms with Crippen LogP contribution in [-0.2, 0) is 6.42 Å². The summed E-state index contributed by atoms with van der Waals surface area (Å²) < 4.78 is 5.52. The second-order valence-corrected chi connectivity index (χ2v) is 3.67. The van der Waals surface area contributed by atoms with Crippen molar-refractivity contribution in [1.29, 1.82) is 0 Å². The highest BCUT2D eigenvalue weighted by molar-refractivity contribution is 5.58. The quantitative estimate of drug-likeness (QED) is 0.751. The fraction of sp³-hybridized carbons (Fsp3) is 0.333. The normalized spacial score (nSPS) is 10.6. The molecule has 0 aliphatic rings. The molecule has 15 heavy (non-hydrogen) atoms. The molecule has 0 amide bonds. The Morgan fingerprint density at radius 2 is 2.00 bits per heavy atom. The summed E-state index contributed by atoms with van der Waals surface area (Å²) in [7, 11) is 0. The van der Waals surface area contributed by atoms with Crippen LogP contribution in [0.4, 0.5) is 0 Å². The molecule has 1 aromatic carbocycles. The molecular formula is C12H14N2O. The molecule has 0 spiro atoms. The molecule has 2 aromatic rings. The number of hydrogen-bond donors (Lipinski definition) is 0. The zero-order valence-electron chi connectivity index (χ0n) is 9.24. The first-order valence-electron chi connectivity index (χ1n) is 5.10. The van der Waals surface area contributed by atoms with E-state index < -0.39 is 0 Å². The average Bonchev–Trinajstić information content (AvgIpc) is 2.66. The molecule has 0 aliphatic carbocycles. The van der Waals surface area contributed by atoms with E-state index in [1.807, 2.05) is 13.0 Å². The van der Waals surface area contributed by atoms with Crippen molar-refractivity contribution < 1.29 is 4.42 Å². The van der Waals surface area contributed by atoms with Crippen LogP contribution in [0.3, 0.4) is 0 Å². The van der Waals surface area contributed by atoms with E-state index in [0.29, 0.717) is 11.8 Å². The third-order valence-corrected chi connectivity index (χ3v) is 2.38. The summed E-state index contributed by atoms with van der Waals surface area (Å²) in [6.45, 7) is 6.12. The molecule has 0 unspecified atom stereocenters. The Labute approximate surface area is 89.2 Å². The van der Waals surface area contributed by atoms with Crippen molar-refractivity contribution in [3.63, 3.8) is 0 Å². The lowest BCUT2D eigenvalue weighted by Gasteiger charge is -2.01. The lowest BCUT2D eigenvalue weighted by atomic mass is 10.1. The highest BCUT2D eigenvalue weighted by atomic mass is 16.4. The Bertz CT molecular complexity index is 474. The van der Waals surface area contributed by atoms with Gasteiger partial charge in [-0.3, -0.25) is 0 Å². The molecule has 0 N–H and O–H groups in total. The monoisotopic (exact) mass is 202 g/mol. The van der Waals surface area contributed by atoms with Gasteiger partial charge in [0.15, 0.2) is 0 Å². The van der Waals surface area contributed by atoms with E-state index in [0.717, 1.165) is 12.0 Å². The molecule has 0 radical (unpaired) electrons. The van der Waals surface area contributed by atoms with Crippen LogP contribution in [0.15, 0.2) is 22.6 Å². The van der Waals surface area contributed by atoms with Gasteiger partial charge in [0.2, 0.25) is 11.8 Å². The maximum atomic E-state index is 5.52. The highest BCUT2D eigenvalue weighted by Crippen LogP contribution is 2.22. The SMILES string of the molecule is CCc1nnc(-c2ccc(C)cc2C)o1. The minimum atomic E-state index is 0.615. The summed E-state index contributed by atoms with van der Waals surface area (Å²) >= 11 is 0. The van der Waals surface area contributed by atoms with Crippen LogP contribution in [0.1, 0.15) is 23.9 Å². The molecule has 0 saturated carbocycles. The predicted octanol–water partition coefficient (Wildman–Crippen LogP) is 2.92. The standard InChI is InChI=1S/C12H14N2O/c1-4-11-13-14-12(15-11)10-6-5-8(2)7-9(10)3/h5-7H,4H2,1-3H3. The number of aryl methyl sites for hydroxylation is 3. The Kier molecular flexibility index (Phi) is 2.54. The lowest BCUT2D eigenvalue weighted by molar-refractivity contribution is 0.512. The molecule has 1 aromatic heterocycles.